The molecule has 1 aliphatic rings. The molecule has 0 saturated carbocycles. The van der Waals surface area contributed by atoms with Gasteiger partial charge in [-0.05, 0) is 72.6 Å². The van der Waals surface area contributed by atoms with Crippen molar-refractivity contribution in [2.45, 2.75) is 38.9 Å². The molecule has 3 heteroatoms. The van der Waals surface area contributed by atoms with Crippen LogP contribution in [0.3, 0.4) is 0 Å². The maximum atomic E-state index is 6.53. The second kappa shape index (κ2) is 8.33. The summed E-state index contributed by atoms with van der Waals surface area (Å²) in [6.07, 6.45) is 0. The Hall–Kier alpha value is -3.14. The van der Waals surface area contributed by atoms with Gasteiger partial charge in [0, 0.05) is 0 Å². The number of benzene rings is 4. The highest BCUT2D eigenvalue weighted by Crippen LogP contribution is 2.40. The van der Waals surface area contributed by atoms with Crippen molar-refractivity contribution in [1.82, 2.24) is 0 Å². The fourth-order valence-corrected chi connectivity index (χ4v) is 4.36. The summed E-state index contributed by atoms with van der Waals surface area (Å²) >= 11 is 0. The molecule has 0 spiro atoms. The van der Waals surface area contributed by atoms with Gasteiger partial charge < -0.3 is 9.31 Å². The summed E-state index contributed by atoms with van der Waals surface area (Å²) in [5, 5.41) is 0. The van der Waals surface area contributed by atoms with E-state index in [1.54, 1.807) is 0 Å². The van der Waals surface area contributed by atoms with E-state index in [-0.39, 0.29) is 0 Å². The van der Waals surface area contributed by atoms with Gasteiger partial charge in [0.05, 0.1) is 11.2 Å². The van der Waals surface area contributed by atoms with E-state index in [0.717, 1.165) is 16.6 Å². The number of rotatable bonds is 4. The van der Waals surface area contributed by atoms with Crippen LogP contribution in [0.15, 0.2) is 103 Å². The Labute approximate surface area is 197 Å². The van der Waals surface area contributed by atoms with Gasteiger partial charge >= 0.3 is 7.12 Å². The SMILES string of the molecule is CC1(C)OB(c2cc(-c3ccccc3)c(-c3ccccc3)cc2-c2ccccc2)OC1(C)C. The van der Waals surface area contributed by atoms with Crippen LogP contribution < -0.4 is 5.46 Å². The van der Waals surface area contributed by atoms with Crippen molar-refractivity contribution in [3.8, 4) is 33.4 Å². The summed E-state index contributed by atoms with van der Waals surface area (Å²) < 4.78 is 13.1. The Morgan fingerprint density at radius 3 is 1.27 bits per heavy atom. The van der Waals surface area contributed by atoms with Gasteiger partial charge in [-0.15, -0.1) is 0 Å². The first-order chi connectivity index (χ1) is 15.9. The normalized spacial score (nSPS) is 16.7. The lowest BCUT2D eigenvalue weighted by Crippen LogP contribution is -2.41. The lowest BCUT2D eigenvalue weighted by molar-refractivity contribution is 0.00578. The molecular weight excluding hydrogens is 403 g/mol. The minimum atomic E-state index is -0.447. The van der Waals surface area contributed by atoms with Crippen molar-refractivity contribution in [3.63, 3.8) is 0 Å². The molecule has 1 fully saturated rings. The average molecular weight is 432 g/mol. The van der Waals surface area contributed by atoms with E-state index in [9.17, 15) is 0 Å². The molecule has 0 aromatic heterocycles. The lowest BCUT2D eigenvalue weighted by Gasteiger charge is -2.32. The highest BCUT2D eigenvalue weighted by atomic mass is 16.7. The molecule has 0 unspecified atom stereocenters. The van der Waals surface area contributed by atoms with Crippen molar-refractivity contribution in [2.24, 2.45) is 0 Å². The highest BCUT2D eigenvalue weighted by Gasteiger charge is 2.52. The molecule has 0 aliphatic carbocycles. The first-order valence-corrected chi connectivity index (χ1v) is 11.6. The summed E-state index contributed by atoms with van der Waals surface area (Å²) in [5.41, 5.74) is 7.26. The minimum absolute atomic E-state index is 0.406. The zero-order valence-electron chi connectivity index (χ0n) is 19.7. The van der Waals surface area contributed by atoms with Crippen LogP contribution in [0.2, 0.25) is 0 Å². The lowest BCUT2D eigenvalue weighted by atomic mass is 9.72. The second-order valence-electron chi connectivity index (χ2n) is 9.67. The van der Waals surface area contributed by atoms with Gasteiger partial charge in [-0.25, -0.2) is 0 Å². The largest absolute Gasteiger partial charge is 0.495 e. The molecule has 0 N–H and O–H groups in total. The smallest absolute Gasteiger partial charge is 0.399 e. The summed E-state index contributed by atoms with van der Waals surface area (Å²) in [5.74, 6) is 0. The predicted molar refractivity (Wildman–Crippen MR) is 138 cm³/mol. The van der Waals surface area contributed by atoms with Gasteiger partial charge in [-0.2, -0.15) is 0 Å². The summed E-state index contributed by atoms with van der Waals surface area (Å²) in [6, 6.07) is 36.2. The maximum Gasteiger partial charge on any atom is 0.495 e. The van der Waals surface area contributed by atoms with Gasteiger partial charge in [0.15, 0.2) is 0 Å². The third kappa shape index (κ3) is 4.03. The molecule has 164 valence electrons. The molecule has 4 aromatic rings. The molecular formula is C30H29BO2. The van der Waals surface area contributed by atoms with Crippen molar-refractivity contribution < 1.29 is 9.31 Å². The van der Waals surface area contributed by atoms with Crippen LogP contribution in [0.1, 0.15) is 27.7 Å². The van der Waals surface area contributed by atoms with E-state index < -0.39 is 18.3 Å². The predicted octanol–water partition coefficient (Wildman–Crippen LogP) is 6.99. The molecule has 1 aliphatic heterocycles. The van der Waals surface area contributed by atoms with Crippen LogP contribution in [0.5, 0.6) is 0 Å². The third-order valence-electron chi connectivity index (χ3n) is 6.95. The zero-order valence-corrected chi connectivity index (χ0v) is 19.7. The van der Waals surface area contributed by atoms with Crippen LogP contribution in [0.4, 0.5) is 0 Å². The molecule has 0 bridgehead atoms. The molecule has 5 rings (SSSR count). The first-order valence-electron chi connectivity index (χ1n) is 11.6. The quantitative estimate of drug-likeness (QED) is 0.324. The van der Waals surface area contributed by atoms with Gasteiger partial charge in [-0.1, -0.05) is 97.1 Å². The van der Waals surface area contributed by atoms with E-state index in [1.165, 1.54) is 22.3 Å². The van der Waals surface area contributed by atoms with Crippen LogP contribution >= 0.6 is 0 Å². The summed E-state index contributed by atoms with van der Waals surface area (Å²) in [4.78, 5) is 0. The molecule has 1 heterocycles. The van der Waals surface area contributed by atoms with Gasteiger partial charge in [-0.3, -0.25) is 0 Å². The van der Waals surface area contributed by atoms with E-state index in [2.05, 4.69) is 131 Å². The Morgan fingerprint density at radius 2 is 0.848 bits per heavy atom. The number of hydrogen-bond donors (Lipinski definition) is 0. The van der Waals surface area contributed by atoms with E-state index >= 15 is 0 Å². The summed E-state index contributed by atoms with van der Waals surface area (Å²) in [7, 11) is -0.447. The van der Waals surface area contributed by atoms with Crippen molar-refractivity contribution >= 4 is 12.6 Å². The van der Waals surface area contributed by atoms with E-state index in [4.69, 9.17) is 9.31 Å². The van der Waals surface area contributed by atoms with Gasteiger partial charge in [0.2, 0.25) is 0 Å². The number of hydrogen-bond acceptors (Lipinski definition) is 2. The monoisotopic (exact) mass is 432 g/mol. The fourth-order valence-electron chi connectivity index (χ4n) is 4.36. The van der Waals surface area contributed by atoms with Gasteiger partial charge in [0.1, 0.15) is 0 Å². The molecule has 33 heavy (non-hydrogen) atoms. The topological polar surface area (TPSA) is 18.5 Å². The molecule has 0 radical (unpaired) electrons. The van der Waals surface area contributed by atoms with Crippen molar-refractivity contribution in [2.75, 3.05) is 0 Å². The third-order valence-corrected chi connectivity index (χ3v) is 6.95. The minimum Gasteiger partial charge on any atom is -0.399 e. The Kier molecular flexibility index (Phi) is 5.48. The van der Waals surface area contributed by atoms with E-state index in [1.807, 2.05) is 0 Å². The molecule has 4 aromatic carbocycles. The first kappa shape index (κ1) is 21.7. The second-order valence-corrected chi connectivity index (χ2v) is 9.67. The van der Waals surface area contributed by atoms with Crippen molar-refractivity contribution in [3.05, 3.63) is 103 Å². The van der Waals surface area contributed by atoms with Crippen LogP contribution in [-0.4, -0.2) is 18.3 Å². The maximum absolute atomic E-state index is 6.53. The van der Waals surface area contributed by atoms with E-state index in [0.29, 0.717) is 0 Å². The fraction of sp³-hybridized carbons (Fsp3) is 0.200. The molecule has 2 nitrogen and oxygen atoms in total. The van der Waals surface area contributed by atoms with Crippen LogP contribution in [-0.2, 0) is 9.31 Å². The Morgan fingerprint density at radius 1 is 0.485 bits per heavy atom. The Balaban J connectivity index is 1.78. The van der Waals surface area contributed by atoms with Crippen LogP contribution in [0.25, 0.3) is 33.4 Å². The van der Waals surface area contributed by atoms with Gasteiger partial charge in [0.25, 0.3) is 0 Å². The highest BCUT2D eigenvalue weighted by molar-refractivity contribution is 6.64. The molecule has 1 saturated heterocycles. The zero-order chi connectivity index (χ0) is 23.1. The summed E-state index contributed by atoms with van der Waals surface area (Å²) in [6.45, 7) is 8.41. The van der Waals surface area contributed by atoms with Crippen LogP contribution in [0, 0.1) is 0 Å². The Bertz CT molecular complexity index is 1230. The molecule has 0 atom stereocenters. The average Bonchev–Trinajstić information content (AvgIpc) is 3.06. The standard InChI is InChI=1S/C30H29BO2/c1-29(2)30(3,4)33-31(32-29)28-21-26(23-16-10-6-11-17-23)25(22-14-8-5-9-15-22)20-27(28)24-18-12-7-13-19-24/h5-21H,1-4H3. The molecule has 0 amide bonds. The van der Waals surface area contributed by atoms with Crippen molar-refractivity contribution in [1.29, 1.82) is 0 Å².